The van der Waals surface area contributed by atoms with Crippen molar-refractivity contribution in [2.75, 3.05) is 11.1 Å². The van der Waals surface area contributed by atoms with Gasteiger partial charge in [-0.3, -0.25) is 10.1 Å². The standard InChI is InChI=1S/C15H14N4O3S2/c1-3-24(21,22)15-18-14(23-19-15)17-13(20)12(9-16)8-11-6-4-10(2)5-7-11/h4-8H,3H2,1-2H3,(H,17,18,19,20)/b12-8-. The maximum Gasteiger partial charge on any atom is 0.268 e. The number of aromatic nitrogens is 2. The van der Waals surface area contributed by atoms with Gasteiger partial charge in [0.05, 0.1) is 5.75 Å². The van der Waals surface area contributed by atoms with Crippen molar-refractivity contribution < 1.29 is 13.2 Å². The van der Waals surface area contributed by atoms with Crippen molar-refractivity contribution in [3.63, 3.8) is 0 Å². The van der Waals surface area contributed by atoms with Gasteiger partial charge in [0.15, 0.2) is 0 Å². The number of carbonyl (C=O) groups excluding carboxylic acids is 1. The Morgan fingerprint density at radius 3 is 2.62 bits per heavy atom. The average molecular weight is 362 g/mol. The summed E-state index contributed by atoms with van der Waals surface area (Å²) in [5, 5.41) is 11.2. The fourth-order valence-electron chi connectivity index (χ4n) is 1.66. The van der Waals surface area contributed by atoms with Gasteiger partial charge in [0.1, 0.15) is 11.6 Å². The first-order valence-electron chi connectivity index (χ1n) is 6.92. The molecule has 0 saturated heterocycles. The van der Waals surface area contributed by atoms with Gasteiger partial charge in [-0.05, 0) is 18.6 Å². The molecule has 7 nitrogen and oxygen atoms in total. The third kappa shape index (κ3) is 4.24. The number of hydrogen-bond acceptors (Lipinski definition) is 7. The van der Waals surface area contributed by atoms with Crippen LogP contribution in [0.1, 0.15) is 18.1 Å². The summed E-state index contributed by atoms with van der Waals surface area (Å²) in [6, 6.07) is 9.13. The van der Waals surface area contributed by atoms with Crippen LogP contribution in [0.5, 0.6) is 0 Å². The van der Waals surface area contributed by atoms with Crippen LogP contribution in [0, 0.1) is 18.3 Å². The molecule has 1 heterocycles. The fourth-order valence-corrected chi connectivity index (χ4v) is 3.24. The molecule has 1 aromatic carbocycles. The number of anilines is 1. The molecule has 0 aliphatic carbocycles. The third-order valence-electron chi connectivity index (χ3n) is 3.04. The summed E-state index contributed by atoms with van der Waals surface area (Å²) in [7, 11) is -3.53. The van der Waals surface area contributed by atoms with Crippen LogP contribution in [-0.2, 0) is 14.6 Å². The molecule has 1 N–H and O–H groups in total. The van der Waals surface area contributed by atoms with Crippen molar-refractivity contribution in [1.82, 2.24) is 9.36 Å². The first-order chi connectivity index (χ1) is 11.4. The molecule has 0 aliphatic heterocycles. The molecule has 0 saturated carbocycles. The summed E-state index contributed by atoms with van der Waals surface area (Å²) in [5.74, 6) is -0.803. The van der Waals surface area contributed by atoms with Crippen LogP contribution in [0.2, 0.25) is 0 Å². The Kier molecular flexibility index (Phi) is 5.43. The summed E-state index contributed by atoms with van der Waals surface area (Å²) in [4.78, 5) is 15.9. The number of amides is 1. The van der Waals surface area contributed by atoms with Crippen molar-refractivity contribution in [2.45, 2.75) is 19.0 Å². The van der Waals surface area contributed by atoms with E-state index in [0.29, 0.717) is 5.56 Å². The lowest BCUT2D eigenvalue weighted by molar-refractivity contribution is -0.112. The highest BCUT2D eigenvalue weighted by Gasteiger charge is 2.19. The Labute approximate surface area is 143 Å². The second kappa shape index (κ2) is 7.33. The lowest BCUT2D eigenvalue weighted by Gasteiger charge is -2.00. The lowest BCUT2D eigenvalue weighted by atomic mass is 10.1. The van der Waals surface area contributed by atoms with Crippen molar-refractivity contribution in [2.24, 2.45) is 0 Å². The van der Waals surface area contributed by atoms with Crippen LogP contribution >= 0.6 is 11.5 Å². The second-order valence-corrected chi connectivity index (χ2v) is 7.74. The first-order valence-corrected chi connectivity index (χ1v) is 9.34. The van der Waals surface area contributed by atoms with Gasteiger partial charge in [0.2, 0.25) is 15.0 Å². The predicted octanol–water partition coefficient (Wildman–Crippen LogP) is 2.19. The van der Waals surface area contributed by atoms with Gasteiger partial charge in [0.25, 0.3) is 11.1 Å². The van der Waals surface area contributed by atoms with Gasteiger partial charge < -0.3 is 0 Å². The van der Waals surface area contributed by atoms with E-state index in [1.807, 2.05) is 25.1 Å². The highest BCUT2D eigenvalue weighted by molar-refractivity contribution is 7.91. The first kappa shape index (κ1) is 17.8. The number of hydrogen-bond donors (Lipinski definition) is 1. The minimum atomic E-state index is -3.53. The van der Waals surface area contributed by atoms with Gasteiger partial charge in [0, 0.05) is 11.5 Å². The summed E-state index contributed by atoms with van der Waals surface area (Å²) >= 11 is 0.747. The molecule has 2 rings (SSSR count). The predicted molar refractivity (Wildman–Crippen MR) is 91.0 cm³/mol. The molecular weight excluding hydrogens is 348 g/mol. The normalized spacial score (nSPS) is 11.8. The number of nitrogens with zero attached hydrogens (tertiary/aromatic N) is 3. The van der Waals surface area contributed by atoms with Gasteiger partial charge >= 0.3 is 0 Å². The number of nitrogens with one attached hydrogen (secondary N) is 1. The molecule has 2 aromatic rings. The van der Waals surface area contributed by atoms with E-state index in [9.17, 15) is 13.2 Å². The van der Waals surface area contributed by atoms with E-state index in [-0.39, 0.29) is 21.6 Å². The number of carbonyl (C=O) groups is 1. The van der Waals surface area contributed by atoms with E-state index < -0.39 is 15.7 Å². The minimum Gasteiger partial charge on any atom is -0.296 e. The van der Waals surface area contributed by atoms with Crippen LogP contribution < -0.4 is 5.32 Å². The molecule has 0 atom stereocenters. The smallest absolute Gasteiger partial charge is 0.268 e. The average Bonchev–Trinajstić information content (AvgIpc) is 3.03. The summed E-state index contributed by atoms with van der Waals surface area (Å²) in [6.07, 6.45) is 1.44. The molecule has 0 bridgehead atoms. The lowest BCUT2D eigenvalue weighted by Crippen LogP contribution is -2.13. The van der Waals surface area contributed by atoms with Crippen LogP contribution in [-0.4, -0.2) is 29.4 Å². The molecule has 0 spiro atoms. The zero-order chi connectivity index (χ0) is 17.7. The van der Waals surface area contributed by atoms with Crippen LogP contribution in [0.25, 0.3) is 6.08 Å². The van der Waals surface area contributed by atoms with Crippen molar-refractivity contribution >= 4 is 38.5 Å². The van der Waals surface area contributed by atoms with Gasteiger partial charge in [-0.1, -0.05) is 36.8 Å². The van der Waals surface area contributed by atoms with Crippen molar-refractivity contribution in [3.05, 3.63) is 41.0 Å². The maximum atomic E-state index is 12.1. The molecule has 1 amide bonds. The molecule has 0 aliphatic rings. The molecule has 124 valence electrons. The molecule has 1 aromatic heterocycles. The van der Waals surface area contributed by atoms with E-state index >= 15 is 0 Å². The Balaban J connectivity index is 2.19. The molecule has 0 fully saturated rings. The highest BCUT2D eigenvalue weighted by Crippen LogP contribution is 2.17. The zero-order valence-corrected chi connectivity index (χ0v) is 14.6. The SMILES string of the molecule is CCS(=O)(=O)c1nsc(NC(=O)/C(C#N)=C\c2ccc(C)cc2)n1. The van der Waals surface area contributed by atoms with Crippen molar-refractivity contribution in [1.29, 1.82) is 5.26 Å². The number of rotatable bonds is 5. The van der Waals surface area contributed by atoms with Gasteiger partial charge in [-0.15, -0.1) is 0 Å². The third-order valence-corrected chi connectivity index (χ3v) is 5.28. The highest BCUT2D eigenvalue weighted by atomic mass is 32.2. The van der Waals surface area contributed by atoms with Crippen LogP contribution in [0.3, 0.4) is 0 Å². The Bertz CT molecular complexity index is 922. The summed E-state index contributed by atoms with van der Waals surface area (Å²) < 4.78 is 27.0. The van der Waals surface area contributed by atoms with Crippen LogP contribution in [0.15, 0.2) is 35.0 Å². The van der Waals surface area contributed by atoms with Crippen molar-refractivity contribution in [3.8, 4) is 6.07 Å². The Morgan fingerprint density at radius 1 is 1.38 bits per heavy atom. The quantitative estimate of drug-likeness (QED) is 0.644. The molecule has 9 heteroatoms. The molecule has 0 unspecified atom stereocenters. The van der Waals surface area contributed by atoms with E-state index in [1.54, 1.807) is 12.1 Å². The molecule has 0 radical (unpaired) electrons. The number of benzene rings is 1. The number of nitriles is 1. The van der Waals surface area contributed by atoms with E-state index in [4.69, 9.17) is 5.26 Å². The van der Waals surface area contributed by atoms with E-state index in [1.165, 1.54) is 13.0 Å². The monoisotopic (exact) mass is 362 g/mol. The largest absolute Gasteiger partial charge is 0.296 e. The number of aryl methyl sites for hydroxylation is 1. The Morgan fingerprint density at radius 2 is 2.04 bits per heavy atom. The second-order valence-electron chi connectivity index (χ2n) is 4.82. The van der Waals surface area contributed by atoms with Gasteiger partial charge in [-0.25, -0.2) is 8.42 Å². The van der Waals surface area contributed by atoms with E-state index in [0.717, 1.165) is 17.1 Å². The fraction of sp³-hybridized carbons (Fsp3) is 0.200. The van der Waals surface area contributed by atoms with Crippen LogP contribution in [0.4, 0.5) is 5.13 Å². The minimum absolute atomic E-state index is 0.0251. The van der Waals surface area contributed by atoms with Gasteiger partial charge in [-0.2, -0.15) is 14.6 Å². The molecular formula is C15H14N4O3S2. The molecule has 24 heavy (non-hydrogen) atoms. The Hall–Kier alpha value is -2.57. The number of sulfone groups is 1. The van der Waals surface area contributed by atoms with E-state index in [2.05, 4.69) is 14.7 Å². The maximum absolute atomic E-state index is 12.1. The topological polar surface area (TPSA) is 113 Å². The zero-order valence-electron chi connectivity index (χ0n) is 13.0. The summed E-state index contributed by atoms with van der Waals surface area (Å²) in [5.41, 5.74) is 1.65. The summed E-state index contributed by atoms with van der Waals surface area (Å²) in [6.45, 7) is 3.41.